The van der Waals surface area contributed by atoms with Crippen molar-refractivity contribution in [3.05, 3.63) is 76.6 Å². The van der Waals surface area contributed by atoms with E-state index in [1.54, 1.807) is 36.4 Å². The van der Waals surface area contributed by atoms with Gasteiger partial charge in [0.15, 0.2) is 11.5 Å². The summed E-state index contributed by atoms with van der Waals surface area (Å²) in [7, 11) is 0. The number of para-hydroxylation sites is 1. The van der Waals surface area contributed by atoms with E-state index in [0.717, 1.165) is 4.47 Å². The maximum atomic E-state index is 13.6. The van der Waals surface area contributed by atoms with Gasteiger partial charge in [0.05, 0.1) is 5.69 Å². The number of hydrogen-bond donors (Lipinski definition) is 2. The van der Waals surface area contributed by atoms with Crippen molar-refractivity contribution in [2.24, 2.45) is 0 Å². The maximum Gasteiger partial charge on any atom is 0.276 e. The number of aromatic nitrogens is 2. The average Bonchev–Trinajstić information content (AvgIpc) is 2.57. The van der Waals surface area contributed by atoms with Gasteiger partial charge in [-0.25, -0.2) is 4.39 Å². The fourth-order valence-corrected chi connectivity index (χ4v) is 2.38. The molecule has 1 amide bonds. The van der Waals surface area contributed by atoms with Crippen LogP contribution in [-0.4, -0.2) is 16.1 Å². The summed E-state index contributed by atoms with van der Waals surface area (Å²) in [4.78, 5) is 12.1. The summed E-state index contributed by atoms with van der Waals surface area (Å²) in [6.45, 7) is 0. The number of carbonyl (C=O) groups is 1. The minimum absolute atomic E-state index is 0.161. The Labute approximate surface area is 146 Å². The second-order valence-corrected chi connectivity index (χ2v) is 5.79. The smallest absolute Gasteiger partial charge is 0.276 e. The Hall–Kier alpha value is -2.80. The highest BCUT2D eigenvalue weighted by atomic mass is 79.9. The first-order valence-electron chi connectivity index (χ1n) is 7.04. The first-order chi connectivity index (χ1) is 11.6. The first kappa shape index (κ1) is 16.1. The molecule has 2 aromatic carbocycles. The third-order valence-electron chi connectivity index (χ3n) is 3.12. The summed E-state index contributed by atoms with van der Waals surface area (Å²) < 4.78 is 14.4. The number of rotatable bonds is 4. The Morgan fingerprint density at radius 1 is 1.00 bits per heavy atom. The van der Waals surface area contributed by atoms with E-state index in [4.69, 9.17) is 0 Å². The minimum atomic E-state index is -0.393. The van der Waals surface area contributed by atoms with Gasteiger partial charge in [-0.05, 0) is 42.5 Å². The van der Waals surface area contributed by atoms with Crippen LogP contribution in [0.5, 0.6) is 0 Å². The molecule has 0 saturated heterocycles. The Morgan fingerprint density at radius 3 is 2.54 bits per heavy atom. The van der Waals surface area contributed by atoms with Crippen LogP contribution in [0.3, 0.4) is 0 Å². The summed E-state index contributed by atoms with van der Waals surface area (Å²) >= 11 is 3.34. The summed E-state index contributed by atoms with van der Waals surface area (Å²) in [5.74, 6) is -0.423. The number of carbonyl (C=O) groups excluding carboxylic acids is 1. The fourth-order valence-electron chi connectivity index (χ4n) is 1.98. The van der Waals surface area contributed by atoms with Crippen LogP contribution in [-0.2, 0) is 0 Å². The number of halogens is 2. The lowest BCUT2D eigenvalue weighted by Crippen LogP contribution is -2.14. The predicted molar refractivity (Wildman–Crippen MR) is 93.8 cm³/mol. The molecule has 1 heterocycles. The monoisotopic (exact) mass is 386 g/mol. The van der Waals surface area contributed by atoms with Crippen molar-refractivity contribution >= 4 is 39.0 Å². The van der Waals surface area contributed by atoms with Gasteiger partial charge in [-0.15, -0.1) is 10.2 Å². The van der Waals surface area contributed by atoms with Crippen molar-refractivity contribution in [3.63, 3.8) is 0 Å². The van der Waals surface area contributed by atoms with Crippen LogP contribution in [0.2, 0.25) is 0 Å². The summed E-state index contributed by atoms with van der Waals surface area (Å²) in [6, 6.07) is 16.5. The molecule has 0 spiro atoms. The predicted octanol–water partition coefficient (Wildman–Crippen LogP) is 4.37. The van der Waals surface area contributed by atoms with Crippen LogP contribution in [0.4, 0.5) is 21.6 Å². The van der Waals surface area contributed by atoms with E-state index in [1.165, 1.54) is 12.1 Å². The molecule has 0 aliphatic heterocycles. The lowest BCUT2D eigenvalue weighted by molar-refractivity contribution is 0.102. The lowest BCUT2D eigenvalue weighted by Gasteiger charge is -2.07. The molecule has 3 rings (SSSR count). The second-order valence-electron chi connectivity index (χ2n) is 4.87. The van der Waals surface area contributed by atoms with Gasteiger partial charge in [0, 0.05) is 10.2 Å². The Morgan fingerprint density at radius 2 is 1.83 bits per heavy atom. The number of hydrogen-bond acceptors (Lipinski definition) is 4. The molecule has 0 unspecified atom stereocenters. The Balaban J connectivity index is 1.70. The van der Waals surface area contributed by atoms with Crippen molar-refractivity contribution in [1.82, 2.24) is 10.2 Å². The third-order valence-corrected chi connectivity index (χ3v) is 3.61. The number of nitrogens with zero attached hydrogens (tertiary/aromatic N) is 2. The van der Waals surface area contributed by atoms with E-state index in [1.807, 2.05) is 12.1 Å². The highest BCUT2D eigenvalue weighted by Crippen LogP contribution is 2.18. The van der Waals surface area contributed by atoms with Crippen LogP contribution < -0.4 is 10.6 Å². The molecule has 0 aliphatic rings. The van der Waals surface area contributed by atoms with E-state index in [9.17, 15) is 9.18 Å². The molecular formula is C17H12BrFN4O. The van der Waals surface area contributed by atoms with Gasteiger partial charge in [0.25, 0.3) is 5.91 Å². The van der Waals surface area contributed by atoms with Crippen molar-refractivity contribution in [2.75, 3.05) is 10.6 Å². The number of benzene rings is 2. The van der Waals surface area contributed by atoms with Crippen LogP contribution in [0.1, 0.15) is 10.5 Å². The van der Waals surface area contributed by atoms with Crippen LogP contribution >= 0.6 is 15.9 Å². The van der Waals surface area contributed by atoms with Crippen molar-refractivity contribution in [3.8, 4) is 0 Å². The minimum Gasteiger partial charge on any atom is -0.336 e. The molecule has 3 aromatic rings. The second kappa shape index (κ2) is 7.18. The van der Waals surface area contributed by atoms with Gasteiger partial charge in [-0.1, -0.05) is 34.1 Å². The molecule has 0 fully saturated rings. The zero-order valence-electron chi connectivity index (χ0n) is 12.3. The quantitative estimate of drug-likeness (QED) is 0.698. The van der Waals surface area contributed by atoms with Gasteiger partial charge in [-0.3, -0.25) is 4.79 Å². The molecule has 2 N–H and O–H groups in total. The zero-order chi connectivity index (χ0) is 16.9. The molecular weight excluding hydrogens is 375 g/mol. The van der Waals surface area contributed by atoms with Crippen LogP contribution in [0, 0.1) is 5.82 Å². The van der Waals surface area contributed by atoms with E-state index in [-0.39, 0.29) is 17.3 Å². The number of amides is 1. The molecule has 7 heteroatoms. The molecule has 0 radical (unpaired) electrons. The topological polar surface area (TPSA) is 66.9 Å². The summed E-state index contributed by atoms with van der Waals surface area (Å²) in [6.07, 6.45) is 0. The Bertz CT molecular complexity index is 870. The lowest BCUT2D eigenvalue weighted by atomic mass is 10.3. The van der Waals surface area contributed by atoms with Gasteiger partial charge in [0.1, 0.15) is 5.82 Å². The molecule has 1 aromatic heterocycles. The fraction of sp³-hybridized carbons (Fsp3) is 0. The molecule has 0 saturated carbocycles. The van der Waals surface area contributed by atoms with Gasteiger partial charge in [-0.2, -0.15) is 0 Å². The number of anilines is 3. The zero-order valence-corrected chi connectivity index (χ0v) is 13.9. The van der Waals surface area contributed by atoms with E-state index in [2.05, 4.69) is 36.8 Å². The molecule has 5 nitrogen and oxygen atoms in total. The van der Waals surface area contributed by atoms with Gasteiger partial charge < -0.3 is 10.6 Å². The van der Waals surface area contributed by atoms with Crippen LogP contribution in [0.15, 0.2) is 65.1 Å². The van der Waals surface area contributed by atoms with Gasteiger partial charge >= 0.3 is 0 Å². The first-order valence-corrected chi connectivity index (χ1v) is 7.83. The Kier molecular flexibility index (Phi) is 4.81. The van der Waals surface area contributed by atoms with E-state index in [0.29, 0.717) is 11.5 Å². The molecule has 0 bridgehead atoms. The maximum absolute atomic E-state index is 13.6. The standard InChI is InChI=1S/C17H12BrFN4O/c18-11-4-3-5-12(10-11)20-17(24)15-8-9-16(23-22-15)21-14-7-2-1-6-13(14)19/h1-10H,(H,20,24)(H,21,23). The SMILES string of the molecule is O=C(Nc1cccc(Br)c1)c1ccc(Nc2ccccc2F)nn1. The van der Waals surface area contributed by atoms with Crippen molar-refractivity contribution < 1.29 is 9.18 Å². The molecule has 120 valence electrons. The molecule has 0 atom stereocenters. The van der Waals surface area contributed by atoms with E-state index >= 15 is 0 Å². The van der Waals surface area contributed by atoms with Crippen molar-refractivity contribution in [2.45, 2.75) is 0 Å². The third kappa shape index (κ3) is 3.94. The largest absolute Gasteiger partial charge is 0.336 e. The van der Waals surface area contributed by atoms with Gasteiger partial charge in [0.2, 0.25) is 0 Å². The van der Waals surface area contributed by atoms with Crippen LogP contribution in [0.25, 0.3) is 0 Å². The summed E-state index contributed by atoms with van der Waals surface area (Å²) in [5.41, 5.74) is 1.09. The van der Waals surface area contributed by atoms with E-state index < -0.39 is 5.82 Å². The average molecular weight is 387 g/mol. The van der Waals surface area contributed by atoms with Crippen molar-refractivity contribution in [1.29, 1.82) is 0 Å². The molecule has 24 heavy (non-hydrogen) atoms. The molecule has 0 aliphatic carbocycles. The normalized spacial score (nSPS) is 10.2. The highest BCUT2D eigenvalue weighted by Gasteiger charge is 2.09. The number of nitrogens with one attached hydrogen (secondary N) is 2. The highest BCUT2D eigenvalue weighted by molar-refractivity contribution is 9.10. The summed E-state index contributed by atoms with van der Waals surface area (Å²) in [5, 5.41) is 13.3.